The van der Waals surface area contributed by atoms with Crippen molar-refractivity contribution < 1.29 is 9.84 Å². The van der Waals surface area contributed by atoms with Gasteiger partial charge >= 0.3 is 0 Å². The van der Waals surface area contributed by atoms with E-state index in [4.69, 9.17) is 4.74 Å². The maximum absolute atomic E-state index is 9.66. The Labute approximate surface area is 158 Å². The predicted octanol–water partition coefficient (Wildman–Crippen LogP) is 6.18. The Morgan fingerprint density at radius 3 is 2.33 bits per heavy atom. The molecular formula is C22H21N3O2. The van der Waals surface area contributed by atoms with Gasteiger partial charge in [-0.15, -0.1) is 0 Å². The predicted molar refractivity (Wildman–Crippen MR) is 108 cm³/mol. The number of aromatic hydroxyl groups is 1. The van der Waals surface area contributed by atoms with Crippen LogP contribution in [0.3, 0.4) is 0 Å². The summed E-state index contributed by atoms with van der Waals surface area (Å²) in [7, 11) is 1.52. The fraction of sp³-hybridized carbons (Fsp3) is 0.136. The molecule has 0 unspecified atom stereocenters. The minimum Gasteiger partial charge on any atom is -0.504 e. The summed E-state index contributed by atoms with van der Waals surface area (Å²) in [6.45, 7) is 4.03. The van der Waals surface area contributed by atoms with Crippen LogP contribution in [0.4, 0.5) is 17.1 Å². The first-order chi connectivity index (χ1) is 13.0. The van der Waals surface area contributed by atoms with E-state index in [1.807, 2.05) is 56.3 Å². The number of rotatable bonds is 5. The van der Waals surface area contributed by atoms with E-state index in [0.717, 1.165) is 28.2 Å². The number of phenols is 1. The molecule has 1 N–H and O–H groups in total. The second kappa shape index (κ2) is 8.27. The van der Waals surface area contributed by atoms with Crippen molar-refractivity contribution in [3.63, 3.8) is 0 Å². The standard InChI is InChI=1S/C22H21N3O2/c1-15-4-8-18(9-5-15)24-25-20-13-19(10-6-16(20)2)23-14-17-7-11-21(26)22(12-17)27-3/h4-14,26H,1-3H3. The van der Waals surface area contributed by atoms with E-state index in [9.17, 15) is 5.11 Å². The van der Waals surface area contributed by atoms with Crippen LogP contribution in [0.2, 0.25) is 0 Å². The lowest BCUT2D eigenvalue weighted by Gasteiger charge is -2.04. The normalized spacial score (nSPS) is 11.4. The third-order valence-electron chi connectivity index (χ3n) is 4.07. The summed E-state index contributed by atoms with van der Waals surface area (Å²) in [6, 6.07) is 18.8. The Morgan fingerprint density at radius 2 is 1.59 bits per heavy atom. The third-order valence-corrected chi connectivity index (χ3v) is 4.07. The molecule has 136 valence electrons. The highest BCUT2D eigenvalue weighted by atomic mass is 16.5. The molecule has 0 saturated carbocycles. The van der Waals surface area contributed by atoms with E-state index in [0.29, 0.717) is 5.75 Å². The fourth-order valence-electron chi connectivity index (χ4n) is 2.43. The van der Waals surface area contributed by atoms with E-state index in [-0.39, 0.29) is 5.75 Å². The lowest BCUT2D eigenvalue weighted by Crippen LogP contribution is -1.87. The highest BCUT2D eigenvalue weighted by Crippen LogP contribution is 2.28. The summed E-state index contributed by atoms with van der Waals surface area (Å²) in [5.41, 5.74) is 5.39. The highest BCUT2D eigenvalue weighted by Gasteiger charge is 2.02. The monoisotopic (exact) mass is 359 g/mol. The van der Waals surface area contributed by atoms with Crippen LogP contribution in [0.1, 0.15) is 16.7 Å². The molecule has 0 heterocycles. The SMILES string of the molecule is COc1cc(C=Nc2ccc(C)c(N=Nc3ccc(C)cc3)c2)ccc1O. The van der Waals surface area contributed by atoms with E-state index in [2.05, 4.69) is 15.2 Å². The van der Waals surface area contributed by atoms with Gasteiger partial charge in [-0.25, -0.2) is 0 Å². The molecular weight excluding hydrogens is 338 g/mol. The highest BCUT2D eigenvalue weighted by molar-refractivity contribution is 5.83. The molecule has 0 aromatic heterocycles. The first kappa shape index (κ1) is 18.3. The second-order valence-electron chi connectivity index (χ2n) is 6.20. The Morgan fingerprint density at radius 1 is 0.852 bits per heavy atom. The average Bonchev–Trinajstić information content (AvgIpc) is 2.68. The third kappa shape index (κ3) is 4.79. The lowest BCUT2D eigenvalue weighted by molar-refractivity contribution is 0.373. The van der Waals surface area contributed by atoms with E-state index in [1.165, 1.54) is 12.7 Å². The second-order valence-corrected chi connectivity index (χ2v) is 6.20. The molecule has 0 atom stereocenters. The number of hydrogen-bond acceptors (Lipinski definition) is 5. The molecule has 0 amide bonds. The van der Waals surface area contributed by atoms with Gasteiger partial charge in [-0.3, -0.25) is 4.99 Å². The van der Waals surface area contributed by atoms with Gasteiger partial charge in [-0.2, -0.15) is 10.2 Å². The van der Waals surface area contributed by atoms with E-state index >= 15 is 0 Å². The van der Waals surface area contributed by atoms with Crippen molar-refractivity contribution >= 4 is 23.3 Å². The summed E-state index contributed by atoms with van der Waals surface area (Å²) in [5.74, 6) is 0.513. The van der Waals surface area contributed by atoms with Gasteiger partial charge in [0.05, 0.1) is 24.2 Å². The number of methoxy groups -OCH3 is 1. The van der Waals surface area contributed by atoms with Crippen molar-refractivity contribution in [2.45, 2.75) is 13.8 Å². The maximum atomic E-state index is 9.66. The van der Waals surface area contributed by atoms with Crippen LogP contribution >= 0.6 is 0 Å². The zero-order valence-electron chi connectivity index (χ0n) is 15.5. The van der Waals surface area contributed by atoms with Gasteiger partial charge < -0.3 is 9.84 Å². The summed E-state index contributed by atoms with van der Waals surface area (Å²) < 4.78 is 5.11. The molecule has 5 heteroatoms. The summed E-state index contributed by atoms with van der Waals surface area (Å²) in [6.07, 6.45) is 1.72. The molecule has 0 aliphatic heterocycles. The van der Waals surface area contributed by atoms with Crippen LogP contribution in [-0.4, -0.2) is 18.4 Å². The van der Waals surface area contributed by atoms with Gasteiger partial charge in [0.15, 0.2) is 11.5 Å². The molecule has 0 spiro atoms. The number of hydrogen-bond donors (Lipinski definition) is 1. The van der Waals surface area contributed by atoms with Gasteiger partial charge in [0.25, 0.3) is 0 Å². The van der Waals surface area contributed by atoms with Crippen LogP contribution in [0.15, 0.2) is 75.9 Å². The molecule has 0 aliphatic carbocycles. The van der Waals surface area contributed by atoms with Crippen LogP contribution in [0, 0.1) is 13.8 Å². The lowest BCUT2D eigenvalue weighted by atomic mass is 10.2. The Balaban J connectivity index is 1.81. The van der Waals surface area contributed by atoms with Crippen LogP contribution in [-0.2, 0) is 0 Å². The summed E-state index contributed by atoms with van der Waals surface area (Å²) >= 11 is 0. The van der Waals surface area contributed by atoms with E-state index < -0.39 is 0 Å². The molecule has 27 heavy (non-hydrogen) atoms. The Hall–Kier alpha value is -3.47. The van der Waals surface area contributed by atoms with Crippen LogP contribution < -0.4 is 4.74 Å². The first-order valence-electron chi connectivity index (χ1n) is 8.55. The zero-order valence-corrected chi connectivity index (χ0v) is 15.5. The topological polar surface area (TPSA) is 66.5 Å². The molecule has 0 fully saturated rings. The Bertz CT molecular complexity index is 993. The number of azo groups is 1. The minimum atomic E-state index is 0.101. The van der Waals surface area contributed by atoms with Crippen LogP contribution in [0.25, 0.3) is 0 Å². The minimum absolute atomic E-state index is 0.101. The molecule has 5 nitrogen and oxygen atoms in total. The van der Waals surface area contributed by atoms with Gasteiger partial charge in [0.2, 0.25) is 0 Å². The summed E-state index contributed by atoms with van der Waals surface area (Å²) in [4.78, 5) is 4.49. The van der Waals surface area contributed by atoms with Gasteiger partial charge in [0, 0.05) is 6.21 Å². The largest absolute Gasteiger partial charge is 0.504 e. The smallest absolute Gasteiger partial charge is 0.161 e. The molecule has 3 rings (SSSR count). The van der Waals surface area contributed by atoms with Crippen molar-refractivity contribution in [3.05, 3.63) is 77.4 Å². The Kier molecular flexibility index (Phi) is 5.61. The van der Waals surface area contributed by atoms with Gasteiger partial charge in [-0.05, 0) is 67.4 Å². The van der Waals surface area contributed by atoms with Gasteiger partial charge in [0.1, 0.15) is 0 Å². The van der Waals surface area contributed by atoms with E-state index in [1.54, 1.807) is 24.4 Å². The fourth-order valence-corrected chi connectivity index (χ4v) is 2.43. The summed E-state index contributed by atoms with van der Waals surface area (Å²) in [5, 5.41) is 18.3. The molecule has 0 bridgehead atoms. The van der Waals surface area contributed by atoms with Crippen LogP contribution in [0.5, 0.6) is 11.5 Å². The molecule has 0 radical (unpaired) electrons. The average molecular weight is 359 g/mol. The quantitative estimate of drug-likeness (QED) is 0.436. The molecule has 3 aromatic rings. The zero-order chi connectivity index (χ0) is 19.2. The maximum Gasteiger partial charge on any atom is 0.161 e. The first-order valence-corrected chi connectivity index (χ1v) is 8.55. The number of phenolic OH excluding ortho intramolecular Hbond substituents is 1. The van der Waals surface area contributed by atoms with Crippen molar-refractivity contribution in [1.82, 2.24) is 0 Å². The number of ether oxygens (including phenoxy) is 1. The molecule has 0 saturated heterocycles. The van der Waals surface area contributed by atoms with Crippen molar-refractivity contribution in [3.8, 4) is 11.5 Å². The van der Waals surface area contributed by atoms with Crippen molar-refractivity contribution in [2.75, 3.05) is 7.11 Å². The van der Waals surface area contributed by atoms with Crippen molar-refractivity contribution in [2.24, 2.45) is 15.2 Å². The molecule has 0 aliphatic rings. The molecule has 3 aromatic carbocycles. The van der Waals surface area contributed by atoms with Crippen molar-refractivity contribution in [1.29, 1.82) is 0 Å². The number of aliphatic imine (C=N–C) groups is 1. The number of nitrogens with zero attached hydrogens (tertiary/aromatic N) is 3. The number of benzene rings is 3. The van der Waals surface area contributed by atoms with Gasteiger partial charge in [-0.1, -0.05) is 23.8 Å². The number of aryl methyl sites for hydroxylation is 2.